The van der Waals surface area contributed by atoms with Gasteiger partial charge < -0.3 is 14.7 Å². The molecule has 2 amide bonds. The van der Waals surface area contributed by atoms with Crippen molar-refractivity contribution in [3.8, 4) is 0 Å². The SMILES string of the molecule is CCCCN(CC(=O)Nc1ccon1)C(=O)c1cccc([N+](=O)[O-])c1. The zero-order chi connectivity index (χ0) is 18.2. The second kappa shape index (κ2) is 8.57. The quantitative estimate of drug-likeness (QED) is 0.579. The molecule has 1 heterocycles. The summed E-state index contributed by atoms with van der Waals surface area (Å²) in [5.41, 5.74) is -0.00659. The number of nitro benzene ring substituents is 1. The van der Waals surface area contributed by atoms with Crippen LogP contribution in [0.5, 0.6) is 0 Å². The zero-order valence-electron chi connectivity index (χ0n) is 13.7. The van der Waals surface area contributed by atoms with E-state index in [0.29, 0.717) is 13.0 Å². The van der Waals surface area contributed by atoms with Crippen LogP contribution in [0.25, 0.3) is 0 Å². The van der Waals surface area contributed by atoms with E-state index in [4.69, 9.17) is 0 Å². The molecule has 0 fully saturated rings. The predicted octanol–water partition coefficient (Wildman–Crippen LogP) is 2.46. The third-order valence-electron chi connectivity index (χ3n) is 3.41. The number of rotatable bonds is 8. The lowest BCUT2D eigenvalue weighted by atomic mass is 10.1. The largest absolute Gasteiger partial charge is 0.363 e. The molecule has 0 radical (unpaired) electrons. The number of unbranched alkanes of at least 4 members (excludes halogenated alkanes) is 1. The van der Waals surface area contributed by atoms with Crippen molar-refractivity contribution in [3.63, 3.8) is 0 Å². The van der Waals surface area contributed by atoms with Gasteiger partial charge in [-0.15, -0.1) is 0 Å². The number of anilines is 1. The summed E-state index contributed by atoms with van der Waals surface area (Å²) in [6.45, 7) is 2.14. The summed E-state index contributed by atoms with van der Waals surface area (Å²) in [5, 5.41) is 17.0. The van der Waals surface area contributed by atoms with E-state index in [0.717, 1.165) is 6.42 Å². The maximum absolute atomic E-state index is 12.7. The van der Waals surface area contributed by atoms with Crippen molar-refractivity contribution < 1.29 is 19.0 Å². The summed E-state index contributed by atoms with van der Waals surface area (Å²) in [7, 11) is 0. The fraction of sp³-hybridized carbons (Fsp3) is 0.312. The number of hydrogen-bond donors (Lipinski definition) is 1. The van der Waals surface area contributed by atoms with Crippen LogP contribution in [0.3, 0.4) is 0 Å². The van der Waals surface area contributed by atoms with E-state index in [-0.39, 0.29) is 23.6 Å². The lowest BCUT2D eigenvalue weighted by Crippen LogP contribution is -2.38. The fourth-order valence-electron chi connectivity index (χ4n) is 2.17. The first kappa shape index (κ1) is 18.1. The van der Waals surface area contributed by atoms with Crippen molar-refractivity contribution in [2.75, 3.05) is 18.4 Å². The molecule has 0 bridgehead atoms. The van der Waals surface area contributed by atoms with Gasteiger partial charge in [0, 0.05) is 30.3 Å². The molecule has 1 aromatic carbocycles. The molecule has 2 aromatic rings. The molecule has 1 aromatic heterocycles. The highest BCUT2D eigenvalue weighted by Gasteiger charge is 2.20. The maximum Gasteiger partial charge on any atom is 0.270 e. The highest BCUT2D eigenvalue weighted by atomic mass is 16.6. The molecular formula is C16H18N4O5. The molecule has 0 unspecified atom stereocenters. The smallest absolute Gasteiger partial charge is 0.270 e. The molecule has 0 atom stereocenters. The van der Waals surface area contributed by atoms with Crippen LogP contribution in [0.1, 0.15) is 30.1 Å². The van der Waals surface area contributed by atoms with Crippen molar-refractivity contribution in [1.29, 1.82) is 0 Å². The minimum absolute atomic E-state index is 0.166. The second-order valence-electron chi connectivity index (χ2n) is 5.32. The van der Waals surface area contributed by atoms with Crippen LogP contribution in [0.15, 0.2) is 41.1 Å². The van der Waals surface area contributed by atoms with Crippen molar-refractivity contribution in [2.24, 2.45) is 0 Å². The predicted molar refractivity (Wildman–Crippen MR) is 89.0 cm³/mol. The summed E-state index contributed by atoms with van der Waals surface area (Å²) >= 11 is 0. The van der Waals surface area contributed by atoms with Gasteiger partial charge in [-0.05, 0) is 12.5 Å². The third-order valence-corrected chi connectivity index (χ3v) is 3.41. The van der Waals surface area contributed by atoms with Gasteiger partial charge >= 0.3 is 0 Å². The second-order valence-corrected chi connectivity index (χ2v) is 5.32. The van der Waals surface area contributed by atoms with Gasteiger partial charge in [0.25, 0.3) is 11.6 Å². The Bertz CT molecular complexity index is 745. The van der Waals surface area contributed by atoms with Gasteiger partial charge in [-0.1, -0.05) is 24.6 Å². The summed E-state index contributed by atoms with van der Waals surface area (Å²) in [6.07, 6.45) is 2.86. The monoisotopic (exact) mass is 346 g/mol. The van der Waals surface area contributed by atoms with Gasteiger partial charge in [-0.25, -0.2) is 0 Å². The van der Waals surface area contributed by atoms with E-state index in [1.165, 1.54) is 41.5 Å². The molecule has 9 heteroatoms. The first-order chi connectivity index (χ1) is 12.0. The lowest BCUT2D eigenvalue weighted by molar-refractivity contribution is -0.384. The van der Waals surface area contributed by atoms with Crippen LogP contribution in [0.2, 0.25) is 0 Å². The Morgan fingerprint density at radius 3 is 2.80 bits per heavy atom. The summed E-state index contributed by atoms with van der Waals surface area (Å²) in [6, 6.07) is 6.93. The van der Waals surface area contributed by atoms with Crippen LogP contribution < -0.4 is 5.32 Å². The average Bonchev–Trinajstić information content (AvgIpc) is 3.10. The van der Waals surface area contributed by atoms with Crippen molar-refractivity contribution >= 4 is 23.3 Å². The molecule has 2 rings (SSSR count). The molecule has 0 aliphatic rings. The van der Waals surface area contributed by atoms with Gasteiger partial charge in [0.1, 0.15) is 12.8 Å². The van der Waals surface area contributed by atoms with Crippen LogP contribution >= 0.6 is 0 Å². The lowest BCUT2D eigenvalue weighted by Gasteiger charge is -2.21. The van der Waals surface area contributed by atoms with E-state index in [1.807, 2.05) is 6.92 Å². The third kappa shape index (κ3) is 5.13. The van der Waals surface area contributed by atoms with Crippen molar-refractivity contribution in [1.82, 2.24) is 10.1 Å². The van der Waals surface area contributed by atoms with E-state index >= 15 is 0 Å². The van der Waals surface area contributed by atoms with Crippen molar-refractivity contribution in [3.05, 3.63) is 52.3 Å². The van der Waals surface area contributed by atoms with E-state index in [9.17, 15) is 19.7 Å². The van der Waals surface area contributed by atoms with Crippen LogP contribution in [-0.2, 0) is 4.79 Å². The number of nitrogens with one attached hydrogen (secondary N) is 1. The van der Waals surface area contributed by atoms with Crippen LogP contribution in [-0.4, -0.2) is 39.9 Å². The number of carbonyl (C=O) groups excluding carboxylic acids is 2. The normalized spacial score (nSPS) is 10.3. The zero-order valence-corrected chi connectivity index (χ0v) is 13.7. The van der Waals surface area contributed by atoms with Gasteiger partial charge in [-0.2, -0.15) is 0 Å². The average molecular weight is 346 g/mol. The van der Waals surface area contributed by atoms with E-state index < -0.39 is 16.7 Å². The van der Waals surface area contributed by atoms with Gasteiger partial charge in [0.2, 0.25) is 5.91 Å². The molecule has 0 saturated heterocycles. The number of amides is 2. The minimum Gasteiger partial charge on any atom is -0.363 e. The summed E-state index contributed by atoms with van der Waals surface area (Å²) in [4.78, 5) is 36.4. The topological polar surface area (TPSA) is 119 Å². The number of aromatic nitrogens is 1. The Labute approximate surface area is 143 Å². The first-order valence-electron chi connectivity index (χ1n) is 7.75. The number of carbonyl (C=O) groups is 2. The van der Waals surface area contributed by atoms with Gasteiger partial charge in [0.05, 0.1) is 4.92 Å². The highest BCUT2D eigenvalue weighted by molar-refractivity contribution is 5.99. The maximum atomic E-state index is 12.7. The molecule has 0 saturated carbocycles. The highest BCUT2D eigenvalue weighted by Crippen LogP contribution is 2.15. The Morgan fingerprint density at radius 2 is 2.16 bits per heavy atom. The van der Waals surface area contributed by atoms with Crippen LogP contribution in [0.4, 0.5) is 11.5 Å². The molecule has 0 aliphatic heterocycles. The molecule has 132 valence electrons. The van der Waals surface area contributed by atoms with E-state index in [1.54, 1.807) is 0 Å². The molecule has 1 N–H and O–H groups in total. The Balaban J connectivity index is 2.12. The van der Waals surface area contributed by atoms with E-state index in [2.05, 4.69) is 15.0 Å². The Kier molecular flexibility index (Phi) is 6.21. The molecule has 9 nitrogen and oxygen atoms in total. The van der Waals surface area contributed by atoms with Gasteiger partial charge in [0.15, 0.2) is 5.82 Å². The summed E-state index contributed by atoms with van der Waals surface area (Å²) in [5.74, 6) is -0.612. The Morgan fingerprint density at radius 1 is 1.36 bits per heavy atom. The summed E-state index contributed by atoms with van der Waals surface area (Å²) < 4.78 is 4.63. The molecular weight excluding hydrogens is 328 g/mol. The number of non-ortho nitro benzene ring substituents is 1. The number of benzene rings is 1. The van der Waals surface area contributed by atoms with Crippen LogP contribution in [0, 0.1) is 10.1 Å². The van der Waals surface area contributed by atoms with Crippen molar-refractivity contribution in [2.45, 2.75) is 19.8 Å². The number of nitrogens with zero attached hydrogens (tertiary/aromatic N) is 3. The standard InChI is InChI=1S/C16H18N4O5/c1-2-3-8-19(11-15(21)17-14-7-9-25-18-14)16(22)12-5-4-6-13(10-12)20(23)24/h4-7,9-10H,2-3,8,11H2,1H3,(H,17,18,21). The molecule has 0 aliphatic carbocycles. The minimum atomic E-state index is -0.565. The molecule has 25 heavy (non-hydrogen) atoms. The Hall–Kier alpha value is -3.23. The van der Waals surface area contributed by atoms with Gasteiger partial charge in [-0.3, -0.25) is 19.7 Å². The first-order valence-corrected chi connectivity index (χ1v) is 7.75. The number of hydrogen-bond acceptors (Lipinski definition) is 6. The molecule has 0 spiro atoms. The fourth-order valence-corrected chi connectivity index (χ4v) is 2.17. The number of nitro groups is 1.